The minimum absolute atomic E-state index is 0.113. The lowest BCUT2D eigenvalue weighted by atomic mass is 10.1. The van der Waals surface area contributed by atoms with Crippen molar-refractivity contribution < 1.29 is 18.0 Å². The molecule has 0 bridgehead atoms. The summed E-state index contributed by atoms with van der Waals surface area (Å²) >= 11 is 0. The first-order chi connectivity index (χ1) is 13.8. The van der Waals surface area contributed by atoms with Crippen LogP contribution >= 0.6 is 0 Å². The van der Waals surface area contributed by atoms with Gasteiger partial charge in [-0.15, -0.1) is 6.58 Å². The average molecular weight is 416 g/mol. The molecule has 7 nitrogen and oxygen atoms in total. The molecule has 0 heterocycles. The normalized spacial score (nSPS) is 10.8. The lowest BCUT2D eigenvalue weighted by molar-refractivity contribution is -0.116. The van der Waals surface area contributed by atoms with E-state index in [0.29, 0.717) is 29.9 Å². The van der Waals surface area contributed by atoms with Crippen LogP contribution in [0.5, 0.6) is 0 Å². The molecule has 0 saturated carbocycles. The molecule has 2 rings (SSSR count). The predicted octanol–water partition coefficient (Wildman–Crippen LogP) is 2.79. The van der Waals surface area contributed by atoms with E-state index in [1.54, 1.807) is 60.7 Å². The number of anilines is 2. The van der Waals surface area contributed by atoms with Crippen molar-refractivity contribution in [1.29, 1.82) is 0 Å². The summed E-state index contributed by atoms with van der Waals surface area (Å²) < 4.78 is 25.4. The van der Waals surface area contributed by atoms with Gasteiger partial charge in [-0.05, 0) is 30.7 Å². The SMILES string of the molecule is C=CCNC(=O)c1ccccc1NC(=O)CCCN(c1ccccc1)S(C)(=O)=O. The Morgan fingerprint density at radius 2 is 1.72 bits per heavy atom. The number of hydrogen-bond donors (Lipinski definition) is 2. The molecule has 8 heteroatoms. The highest BCUT2D eigenvalue weighted by Crippen LogP contribution is 2.18. The van der Waals surface area contributed by atoms with Crippen molar-refractivity contribution in [2.75, 3.05) is 29.0 Å². The van der Waals surface area contributed by atoms with Crippen LogP contribution < -0.4 is 14.9 Å². The fourth-order valence-corrected chi connectivity index (χ4v) is 3.69. The molecular weight excluding hydrogens is 390 g/mol. The van der Waals surface area contributed by atoms with Crippen LogP contribution in [0.15, 0.2) is 67.3 Å². The molecule has 2 aromatic carbocycles. The van der Waals surface area contributed by atoms with Gasteiger partial charge < -0.3 is 10.6 Å². The maximum atomic E-state index is 12.3. The number of sulfonamides is 1. The van der Waals surface area contributed by atoms with Gasteiger partial charge in [0.1, 0.15) is 0 Å². The first-order valence-corrected chi connectivity index (χ1v) is 11.0. The van der Waals surface area contributed by atoms with Crippen molar-refractivity contribution >= 4 is 33.2 Å². The Labute approximate surface area is 171 Å². The summed E-state index contributed by atoms with van der Waals surface area (Å²) in [6.07, 6.45) is 3.15. The zero-order valence-corrected chi connectivity index (χ0v) is 17.1. The molecule has 0 unspecified atom stereocenters. The Bertz CT molecular complexity index is 959. The molecule has 0 aliphatic carbocycles. The van der Waals surface area contributed by atoms with Crippen LogP contribution in [-0.4, -0.2) is 39.6 Å². The van der Waals surface area contributed by atoms with Crippen LogP contribution in [0.25, 0.3) is 0 Å². The van der Waals surface area contributed by atoms with Gasteiger partial charge in [0.05, 0.1) is 23.2 Å². The molecule has 0 aliphatic rings. The standard InChI is InChI=1S/C21H25N3O4S/c1-3-15-22-21(26)18-12-7-8-13-19(18)23-20(25)14-9-16-24(29(2,27)28)17-10-5-4-6-11-17/h3-8,10-13H,1,9,14-16H2,2H3,(H,22,26)(H,23,25). The number of hydrogen-bond acceptors (Lipinski definition) is 4. The first kappa shape index (κ1) is 22.2. The van der Waals surface area contributed by atoms with E-state index in [9.17, 15) is 18.0 Å². The average Bonchev–Trinajstić information content (AvgIpc) is 2.69. The molecule has 0 aromatic heterocycles. The van der Waals surface area contributed by atoms with Crippen molar-refractivity contribution in [1.82, 2.24) is 5.32 Å². The van der Waals surface area contributed by atoms with Crippen molar-refractivity contribution in [3.8, 4) is 0 Å². The second-order valence-electron chi connectivity index (χ2n) is 6.37. The van der Waals surface area contributed by atoms with E-state index < -0.39 is 10.0 Å². The Kier molecular flexibility index (Phi) is 7.97. The van der Waals surface area contributed by atoms with E-state index in [1.807, 2.05) is 0 Å². The molecule has 0 aliphatic heterocycles. The fraction of sp³-hybridized carbons (Fsp3) is 0.238. The van der Waals surface area contributed by atoms with Crippen molar-refractivity contribution in [3.63, 3.8) is 0 Å². The van der Waals surface area contributed by atoms with Gasteiger partial charge in [-0.1, -0.05) is 36.4 Å². The van der Waals surface area contributed by atoms with E-state index in [0.717, 1.165) is 6.26 Å². The Morgan fingerprint density at radius 1 is 1.07 bits per heavy atom. The number of carbonyl (C=O) groups excluding carboxylic acids is 2. The molecular formula is C21H25N3O4S. The van der Waals surface area contributed by atoms with Gasteiger partial charge in [0.2, 0.25) is 15.9 Å². The molecule has 0 saturated heterocycles. The van der Waals surface area contributed by atoms with Crippen LogP contribution in [0.1, 0.15) is 23.2 Å². The first-order valence-electron chi connectivity index (χ1n) is 9.13. The number of rotatable bonds is 10. The molecule has 0 radical (unpaired) electrons. The van der Waals surface area contributed by atoms with Crippen molar-refractivity contribution in [2.24, 2.45) is 0 Å². The van der Waals surface area contributed by atoms with Gasteiger partial charge in [0.25, 0.3) is 5.91 Å². The van der Waals surface area contributed by atoms with Gasteiger partial charge >= 0.3 is 0 Å². The molecule has 154 valence electrons. The third-order valence-electron chi connectivity index (χ3n) is 4.06. The zero-order chi connectivity index (χ0) is 21.3. The van der Waals surface area contributed by atoms with Crippen LogP contribution in [0.3, 0.4) is 0 Å². The molecule has 2 aromatic rings. The lowest BCUT2D eigenvalue weighted by Crippen LogP contribution is -2.31. The maximum Gasteiger partial charge on any atom is 0.253 e. The summed E-state index contributed by atoms with van der Waals surface area (Å²) in [5.41, 5.74) is 1.31. The molecule has 0 atom stereocenters. The summed E-state index contributed by atoms with van der Waals surface area (Å²) in [6, 6.07) is 15.4. The number of amides is 2. The second-order valence-corrected chi connectivity index (χ2v) is 8.27. The highest BCUT2D eigenvalue weighted by atomic mass is 32.2. The summed E-state index contributed by atoms with van der Waals surface area (Å²) in [6.45, 7) is 4.05. The highest BCUT2D eigenvalue weighted by molar-refractivity contribution is 7.92. The van der Waals surface area contributed by atoms with Gasteiger partial charge in [-0.2, -0.15) is 0 Å². The number of para-hydroxylation sites is 2. The van der Waals surface area contributed by atoms with E-state index in [1.165, 1.54) is 4.31 Å². The number of nitrogens with zero attached hydrogens (tertiary/aromatic N) is 1. The lowest BCUT2D eigenvalue weighted by Gasteiger charge is -2.22. The van der Waals surface area contributed by atoms with Crippen LogP contribution in [0, 0.1) is 0 Å². The topological polar surface area (TPSA) is 95.6 Å². The van der Waals surface area contributed by atoms with E-state index in [4.69, 9.17) is 0 Å². The summed E-state index contributed by atoms with van der Waals surface area (Å²) in [5, 5.41) is 5.40. The van der Waals surface area contributed by atoms with E-state index >= 15 is 0 Å². The third kappa shape index (κ3) is 6.76. The second kappa shape index (κ2) is 10.4. The van der Waals surface area contributed by atoms with E-state index in [-0.39, 0.29) is 24.8 Å². The maximum absolute atomic E-state index is 12.3. The monoisotopic (exact) mass is 415 g/mol. The number of benzene rings is 2. The Hall–Kier alpha value is -3.13. The quantitative estimate of drug-likeness (QED) is 0.583. The highest BCUT2D eigenvalue weighted by Gasteiger charge is 2.18. The minimum Gasteiger partial charge on any atom is -0.349 e. The van der Waals surface area contributed by atoms with E-state index in [2.05, 4.69) is 17.2 Å². The molecule has 0 fully saturated rings. The third-order valence-corrected chi connectivity index (χ3v) is 5.26. The molecule has 2 amide bonds. The summed E-state index contributed by atoms with van der Waals surface area (Å²) in [4.78, 5) is 24.5. The largest absolute Gasteiger partial charge is 0.349 e. The van der Waals surface area contributed by atoms with Gasteiger partial charge in [-0.25, -0.2) is 8.42 Å². The van der Waals surface area contributed by atoms with Gasteiger partial charge in [0.15, 0.2) is 0 Å². The van der Waals surface area contributed by atoms with Gasteiger partial charge in [-0.3, -0.25) is 13.9 Å². The van der Waals surface area contributed by atoms with Crippen LogP contribution in [0.4, 0.5) is 11.4 Å². The Morgan fingerprint density at radius 3 is 2.38 bits per heavy atom. The number of nitrogens with one attached hydrogen (secondary N) is 2. The fourth-order valence-electron chi connectivity index (χ4n) is 2.73. The van der Waals surface area contributed by atoms with Gasteiger partial charge in [0, 0.05) is 19.5 Å². The van der Waals surface area contributed by atoms with Crippen molar-refractivity contribution in [3.05, 3.63) is 72.8 Å². The molecule has 2 N–H and O–H groups in total. The zero-order valence-electron chi connectivity index (χ0n) is 16.3. The number of carbonyl (C=O) groups is 2. The van der Waals surface area contributed by atoms with Crippen LogP contribution in [0.2, 0.25) is 0 Å². The summed E-state index contributed by atoms with van der Waals surface area (Å²) in [7, 11) is -3.46. The predicted molar refractivity (Wildman–Crippen MR) is 115 cm³/mol. The minimum atomic E-state index is -3.46. The van der Waals surface area contributed by atoms with Crippen molar-refractivity contribution in [2.45, 2.75) is 12.8 Å². The smallest absolute Gasteiger partial charge is 0.253 e. The Balaban J connectivity index is 1.98. The summed E-state index contributed by atoms with van der Waals surface area (Å²) in [5.74, 6) is -0.608. The molecule has 0 spiro atoms. The molecule has 29 heavy (non-hydrogen) atoms. The van der Waals surface area contributed by atoms with Crippen LogP contribution in [-0.2, 0) is 14.8 Å².